The van der Waals surface area contributed by atoms with Crippen molar-refractivity contribution < 1.29 is 19.4 Å². The van der Waals surface area contributed by atoms with Gasteiger partial charge in [-0.25, -0.2) is 0 Å². The van der Waals surface area contributed by atoms with Gasteiger partial charge in [0.2, 0.25) is 0 Å². The molecule has 146 valence electrons. The second-order valence-corrected chi connectivity index (χ2v) is 8.71. The highest BCUT2D eigenvalue weighted by Crippen LogP contribution is 2.58. The molecule has 0 aromatic heterocycles. The maximum Gasteiger partial charge on any atom is 0.163 e. The number of unbranched alkanes of at least 4 members (excludes halogenated alkanes) is 2. The van der Waals surface area contributed by atoms with Crippen LogP contribution in [0.5, 0.6) is 11.5 Å². The van der Waals surface area contributed by atoms with Crippen LogP contribution in [0.2, 0.25) is 0 Å². The Balaban J connectivity index is 1.88. The lowest BCUT2D eigenvalue weighted by atomic mass is 9.66. The maximum absolute atomic E-state index is 12.6. The van der Waals surface area contributed by atoms with Gasteiger partial charge in [0.15, 0.2) is 5.78 Å². The van der Waals surface area contributed by atoms with Crippen LogP contribution < -0.4 is 9.47 Å². The van der Waals surface area contributed by atoms with E-state index in [2.05, 4.69) is 13.8 Å². The SMILES string of the molecule is CCCCCc1cc2c3c(c1C(C)=O)O[C@H]1[C@@H]3[C@@H](CC[C@]1(C)O)C(C)=CO2. The summed E-state index contributed by atoms with van der Waals surface area (Å²) in [5.41, 5.74) is 2.97. The third kappa shape index (κ3) is 2.89. The van der Waals surface area contributed by atoms with Crippen molar-refractivity contribution in [1.29, 1.82) is 0 Å². The van der Waals surface area contributed by atoms with Gasteiger partial charge in [-0.3, -0.25) is 4.79 Å². The molecule has 3 aliphatic rings. The molecule has 4 nitrogen and oxygen atoms in total. The first-order chi connectivity index (χ1) is 12.8. The number of ketones is 1. The highest BCUT2D eigenvalue weighted by molar-refractivity contribution is 5.99. The van der Waals surface area contributed by atoms with Gasteiger partial charge in [0.05, 0.1) is 17.4 Å². The molecule has 4 atom stereocenters. The molecule has 0 amide bonds. The monoisotopic (exact) mass is 370 g/mol. The van der Waals surface area contributed by atoms with Crippen molar-refractivity contribution in [3.63, 3.8) is 0 Å². The number of hydrogen-bond donors (Lipinski definition) is 1. The predicted octanol–water partition coefficient (Wildman–Crippen LogP) is 4.92. The number of carbonyl (C=O) groups is 1. The first-order valence-corrected chi connectivity index (χ1v) is 10.3. The number of aliphatic hydroxyl groups is 1. The molecule has 1 aromatic rings. The summed E-state index contributed by atoms with van der Waals surface area (Å²) in [4.78, 5) is 12.6. The molecule has 0 unspecified atom stereocenters. The molecule has 4 heteroatoms. The maximum atomic E-state index is 12.6. The summed E-state index contributed by atoms with van der Waals surface area (Å²) in [5, 5.41) is 11.0. The van der Waals surface area contributed by atoms with Gasteiger partial charge in [0, 0.05) is 11.5 Å². The Morgan fingerprint density at radius 1 is 1.37 bits per heavy atom. The second-order valence-electron chi connectivity index (χ2n) is 8.71. The molecule has 1 saturated carbocycles. The van der Waals surface area contributed by atoms with Gasteiger partial charge in [0.25, 0.3) is 0 Å². The normalized spacial score (nSPS) is 30.7. The molecule has 1 aliphatic carbocycles. The van der Waals surface area contributed by atoms with Crippen LogP contribution in [-0.2, 0) is 6.42 Å². The van der Waals surface area contributed by atoms with Gasteiger partial charge < -0.3 is 14.6 Å². The van der Waals surface area contributed by atoms with Crippen LogP contribution in [0.1, 0.15) is 87.2 Å². The van der Waals surface area contributed by atoms with Crippen molar-refractivity contribution in [1.82, 2.24) is 0 Å². The standard InChI is InChI=1S/C23H30O4/c1-5-6-7-8-15-11-17-20-19-16(13(2)12-26-17)9-10-23(4,25)22(19)27-21(20)18(15)14(3)24/h11-12,16,19,22,25H,5-10H2,1-4H3/t16-,19+,22-,23-/m0/s1. The minimum Gasteiger partial charge on any atom is -0.486 e. The van der Waals surface area contributed by atoms with Crippen LogP contribution in [0.4, 0.5) is 0 Å². The van der Waals surface area contributed by atoms with Crippen molar-refractivity contribution in [2.75, 3.05) is 0 Å². The van der Waals surface area contributed by atoms with Gasteiger partial charge in [-0.2, -0.15) is 0 Å². The Bertz CT molecular complexity index is 805. The van der Waals surface area contributed by atoms with Gasteiger partial charge in [-0.1, -0.05) is 19.8 Å². The van der Waals surface area contributed by atoms with E-state index in [1.54, 1.807) is 6.92 Å². The van der Waals surface area contributed by atoms with Crippen LogP contribution in [0.15, 0.2) is 17.9 Å². The fourth-order valence-electron chi connectivity index (χ4n) is 5.19. The van der Waals surface area contributed by atoms with Crippen molar-refractivity contribution in [3.8, 4) is 11.5 Å². The topological polar surface area (TPSA) is 55.8 Å². The third-order valence-electron chi connectivity index (χ3n) is 6.63. The van der Waals surface area contributed by atoms with Crippen molar-refractivity contribution >= 4 is 5.78 Å². The molecule has 0 spiro atoms. The van der Waals surface area contributed by atoms with E-state index in [0.717, 1.165) is 49.0 Å². The Labute approximate surface area is 161 Å². The molecule has 1 fully saturated rings. The number of benzene rings is 1. The average Bonchev–Trinajstić information content (AvgIpc) is 2.94. The molecular formula is C23H30O4. The highest BCUT2D eigenvalue weighted by Gasteiger charge is 2.55. The van der Waals surface area contributed by atoms with E-state index < -0.39 is 5.60 Å². The summed E-state index contributed by atoms with van der Waals surface area (Å²) in [6, 6.07) is 2.05. The largest absolute Gasteiger partial charge is 0.486 e. The molecule has 0 saturated heterocycles. The average molecular weight is 370 g/mol. The van der Waals surface area contributed by atoms with Gasteiger partial charge in [-0.05, 0) is 69.6 Å². The van der Waals surface area contributed by atoms with E-state index in [9.17, 15) is 9.90 Å². The van der Waals surface area contributed by atoms with Crippen molar-refractivity contribution in [3.05, 3.63) is 34.6 Å². The lowest BCUT2D eigenvalue weighted by Crippen LogP contribution is -2.50. The van der Waals surface area contributed by atoms with Crippen LogP contribution in [0.3, 0.4) is 0 Å². The quantitative estimate of drug-likeness (QED) is 0.590. The smallest absolute Gasteiger partial charge is 0.163 e. The van der Waals surface area contributed by atoms with E-state index in [1.165, 1.54) is 5.57 Å². The van der Waals surface area contributed by atoms with Crippen molar-refractivity contribution in [2.45, 2.75) is 83.8 Å². The zero-order valence-corrected chi connectivity index (χ0v) is 16.8. The van der Waals surface area contributed by atoms with Crippen LogP contribution in [-0.4, -0.2) is 22.6 Å². The fraction of sp³-hybridized carbons (Fsp3) is 0.609. The van der Waals surface area contributed by atoms with Gasteiger partial charge in [-0.15, -0.1) is 0 Å². The molecule has 2 heterocycles. The zero-order valence-electron chi connectivity index (χ0n) is 16.8. The summed E-state index contributed by atoms with van der Waals surface area (Å²) >= 11 is 0. The molecule has 4 rings (SSSR count). The first-order valence-electron chi connectivity index (χ1n) is 10.3. The summed E-state index contributed by atoms with van der Waals surface area (Å²) in [6.45, 7) is 7.75. The second kappa shape index (κ2) is 6.66. The van der Waals surface area contributed by atoms with Gasteiger partial charge >= 0.3 is 0 Å². The van der Waals surface area contributed by atoms with Crippen LogP contribution in [0.25, 0.3) is 0 Å². The van der Waals surface area contributed by atoms with E-state index in [-0.39, 0.29) is 23.7 Å². The minimum atomic E-state index is -0.904. The summed E-state index contributed by atoms with van der Waals surface area (Å²) in [7, 11) is 0. The number of Topliss-reactive ketones (excluding diaryl/α,β-unsaturated/α-hetero) is 1. The fourth-order valence-corrected chi connectivity index (χ4v) is 5.19. The number of hydrogen-bond acceptors (Lipinski definition) is 4. The third-order valence-corrected chi connectivity index (χ3v) is 6.63. The Morgan fingerprint density at radius 3 is 2.85 bits per heavy atom. The molecule has 0 bridgehead atoms. The predicted molar refractivity (Wildman–Crippen MR) is 105 cm³/mol. The number of allylic oxidation sites excluding steroid dienone is 1. The Hall–Kier alpha value is -1.81. The minimum absolute atomic E-state index is 0.0306. The molecule has 0 radical (unpaired) electrons. The molecule has 1 aromatic carbocycles. The summed E-state index contributed by atoms with van der Waals surface area (Å²) < 4.78 is 12.5. The lowest BCUT2D eigenvalue weighted by molar-refractivity contribution is -0.0824. The number of aryl methyl sites for hydroxylation is 1. The summed E-state index contributed by atoms with van der Waals surface area (Å²) in [6.07, 6.45) is 7.26. The first kappa shape index (κ1) is 18.5. The lowest BCUT2D eigenvalue weighted by Gasteiger charge is -2.42. The van der Waals surface area contributed by atoms with Crippen molar-refractivity contribution in [2.24, 2.45) is 5.92 Å². The Morgan fingerprint density at radius 2 is 2.15 bits per heavy atom. The molecule has 1 N–H and O–H groups in total. The van der Waals surface area contributed by atoms with E-state index in [4.69, 9.17) is 9.47 Å². The molecule has 2 aliphatic heterocycles. The highest BCUT2D eigenvalue weighted by atomic mass is 16.5. The van der Waals surface area contributed by atoms with Crippen LogP contribution >= 0.6 is 0 Å². The van der Waals surface area contributed by atoms with E-state index >= 15 is 0 Å². The number of rotatable bonds is 5. The Kier molecular flexibility index (Phi) is 4.58. The summed E-state index contributed by atoms with van der Waals surface area (Å²) in [5.74, 6) is 1.82. The number of carbonyl (C=O) groups excluding carboxylic acids is 1. The van der Waals surface area contributed by atoms with E-state index in [0.29, 0.717) is 17.7 Å². The van der Waals surface area contributed by atoms with Crippen LogP contribution in [0, 0.1) is 5.92 Å². The zero-order chi connectivity index (χ0) is 19.3. The van der Waals surface area contributed by atoms with E-state index in [1.807, 2.05) is 19.3 Å². The van der Waals surface area contributed by atoms with Gasteiger partial charge in [0.1, 0.15) is 17.6 Å². The molecule has 27 heavy (non-hydrogen) atoms. The number of ether oxygens (including phenoxy) is 2. The molecular weight excluding hydrogens is 340 g/mol.